The molecule has 1 aromatic rings. The van der Waals surface area contributed by atoms with Crippen molar-refractivity contribution in [2.45, 2.75) is 25.4 Å². The predicted molar refractivity (Wildman–Crippen MR) is 74.4 cm³/mol. The monoisotopic (exact) mass is 248 g/mol. The molecule has 0 spiro atoms. The number of nitrogens with two attached hydrogens (primary N) is 1. The molecule has 0 radical (unpaired) electrons. The Morgan fingerprint density at radius 1 is 1.22 bits per heavy atom. The first-order valence-electron chi connectivity index (χ1n) is 6.92. The van der Waals surface area contributed by atoms with Gasteiger partial charge in [-0.05, 0) is 43.8 Å². The van der Waals surface area contributed by atoms with Crippen LogP contribution in [0.1, 0.15) is 18.4 Å². The fourth-order valence-corrected chi connectivity index (χ4v) is 2.69. The highest BCUT2D eigenvalue weighted by molar-refractivity contribution is 5.15. The molecule has 0 aliphatic carbocycles. The number of β-amino-alcohol motifs (C(OH)–C–C–N with tert-alkyl or cyclic N) is 1. The van der Waals surface area contributed by atoms with Crippen LogP contribution in [-0.4, -0.2) is 42.3 Å². The van der Waals surface area contributed by atoms with Gasteiger partial charge in [-0.15, -0.1) is 0 Å². The summed E-state index contributed by atoms with van der Waals surface area (Å²) >= 11 is 0. The molecule has 0 aromatic heterocycles. The molecular weight excluding hydrogens is 224 g/mol. The molecule has 0 amide bonds. The first kappa shape index (κ1) is 13.5. The molecule has 2 rings (SSSR count). The van der Waals surface area contributed by atoms with Crippen molar-refractivity contribution in [1.29, 1.82) is 0 Å². The average Bonchev–Trinajstić information content (AvgIpc) is 2.42. The van der Waals surface area contributed by atoms with E-state index in [1.165, 1.54) is 24.8 Å². The first-order valence-corrected chi connectivity index (χ1v) is 6.92. The van der Waals surface area contributed by atoms with Gasteiger partial charge in [0.1, 0.15) is 0 Å². The Morgan fingerprint density at radius 3 is 2.50 bits per heavy atom. The summed E-state index contributed by atoms with van der Waals surface area (Å²) in [5.41, 5.74) is 6.88. The van der Waals surface area contributed by atoms with Crippen molar-refractivity contribution in [3.63, 3.8) is 0 Å². The highest BCUT2D eigenvalue weighted by Crippen LogP contribution is 2.21. The number of nitrogens with zero attached hydrogens (tertiary/aromatic N) is 1. The van der Waals surface area contributed by atoms with Crippen molar-refractivity contribution in [2.24, 2.45) is 11.7 Å². The van der Waals surface area contributed by atoms with E-state index in [-0.39, 0.29) is 6.10 Å². The van der Waals surface area contributed by atoms with Gasteiger partial charge in [0.15, 0.2) is 0 Å². The van der Waals surface area contributed by atoms with Crippen molar-refractivity contribution in [3.05, 3.63) is 35.9 Å². The van der Waals surface area contributed by atoms with Crippen LogP contribution in [0.2, 0.25) is 0 Å². The summed E-state index contributed by atoms with van der Waals surface area (Å²) < 4.78 is 0. The van der Waals surface area contributed by atoms with Crippen molar-refractivity contribution in [3.8, 4) is 0 Å². The second kappa shape index (κ2) is 6.88. The second-order valence-electron chi connectivity index (χ2n) is 5.32. The normalized spacial score (nSPS) is 19.9. The standard InChI is InChI=1S/C15H24N2O/c16-11-15(18)12-17-8-6-14(7-9-17)10-13-4-2-1-3-5-13/h1-5,14-15,18H,6-12,16H2. The molecule has 3 nitrogen and oxygen atoms in total. The van der Waals surface area contributed by atoms with E-state index in [1.54, 1.807) is 0 Å². The summed E-state index contributed by atoms with van der Waals surface area (Å²) in [7, 11) is 0. The molecule has 1 aromatic carbocycles. The number of rotatable bonds is 5. The van der Waals surface area contributed by atoms with Gasteiger partial charge in [-0.2, -0.15) is 0 Å². The minimum absolute atomic E-state index is 0.365. The van der Waals surface area contributed by atoms with Crippen LogP contribution in [0.3, 0.4) is 0 Å². The van der Waals surface area contributed by atoms with Crippen LogP contribution in [0, 0.1) is 5.92 Å². The molecule has 1 atom stereocenters. The summed E-state index contributed by atoms with van der Waals surface area (Å²) in [4.78, 5) is 2.33. The summed E-state index contributed by atoms with van der Waals surface area (Å²) in [5, 5.41) is 9.54. The lowest BCUT2D eigenvalue weighted by atomic mass is 9.90. The van der Waals surface area contributed by atoms with Crippen LogP contribution >= 0.6 is 0 Å². The van der Waals surface area contributed by atoms with Crippen molar-refractivity contribution in [1.82, 2.24) is 4.90 Å². The van der Waals surface area contributed by atoms with Gasteiger partial charge in [-0.1, -0.05) is 30.3 Å². The number of aliphatic hydroxyl groups is 1. The maximum Gasteiger partial charge on any atom is 0.0789 e. The minimum atomic E-state index is -0.365. The molecule has 1 fully saturated rings. The summed E-state index contributed by atoms with van der Waals surface area (Å²) in [5.74, 6) is 0.790. The quantitative estimate of drug-likeness (QED) is 0.825. The van der Waals surface area contributed by atoms with E-state index in [0.29, 0.717) is 6.54 Å². The maximum atomic E-state index is 9.54. The topological polar surface area (TPSA) is 49.5 Å². The first-order chi connectivity index (χ1) is 8.78. The highest BCUT2D eigenvalue weighted by Gasteiger charge is 2.20. The average molecular weight is 248 g/mol. The zero-order valence-corrected chi connectivity index (χ0v) is 11.0. The molecule has 100 valence electrons. The molecule has 1 saturated heterocycles. The van der Waals surface area contributed by atoms with Crippen LogP contribution in [0.5, 0.6) is 0 Å². The Hall–Kier alpha value is -0.900. The molecule has 1 aliphatic heterocycles. The molecule has 1 unspecified atom stereocenters. The van der Waals surface area contributed by atoms with Gasteiger partial charge in [0.25, 0.3) is 0 Å². The second-order valence-corrected chi connectivity index (χ2v) is 5.32. The zero-order chi connectivity index (χ0) is 12.8. The van der Waals surface area contributed by atoms with E-state index in [0.717, 1.165) is 25.6 Å². The Morgan fingerprint density at radius 2 is 1.89 bits per heavy atom. The summed E-state index contributed by atoms with van der Waals surface area (Å²) in [6, 6.07) is 10.7. The Kier molecular flexibility index (Phi) is 5.17. The van der Waals surface area contributed by atoms with Crippen molar-refractivity contribution < 1.29 is 5.11 Å². The molecule has 3 N–H and O–H groups in total. The van der Waals surface area contributed by atoms with E-state index >= 15 is 0 Å². The van der Waals surface area contributed by atoms with Gasteiger partial charge in [0.05, 0.1) is 6.10 Å². The third-order valence-corrected chi connectivity index (χ3v) is 3.82. The number of hydrogen-bond donors (Lipinski definition) is 2. The molecule has 1 heterocycles. The molecule has 18 heavy (non-hydrogen) atoms. The molecule has 0 bridgehead atoms. The molecule has 1 aliphatic rings. The van der Waals surface area contributed by atoms with Crippen molar-refractivity contribution in [2.75, 3.05) is 26.2 Å². The maximum absolute atomic E-state index is 9.54. The van der Waals surface area contributed by atoms with E-state index in [2.05, 4.69) is 35.2 Å². The van der Waals surface area contributed by atoms with Crippen molar-refractivity contribution >= 4 is 0 Å². The fraction of sp³-hybridized carbons (Fsp3) is 0.600. The SMILES string of the molecule is NCC(O)CN1CCC(Cc2ccccc2)CC1. The predicted octanol–water partition coefficient (Wildman–Crippen LogP) is 1.26. The van der Waals surface area contributed by atoms with Crippen LogP contribution in [-0.2, 0) is 6.42 Å². The lowest BCUT2D eigenvalue weighted by Crippen LogP contribution is -2.41. The smallest absolute Gasteiger partial charge is 0.0789 e. The van der Waals surface area contributed by atoms with Crippen LogP contribution < -0.4 is 5.73 Å². The molecular formula is C15H24N2O. The lowest BCUT2D eigenvalue weighted by Gasteiger charge is -2.33. The number of aliphatic hydroxyl groups excluding tert-OH is 1. The molecule has 3 heteroatoms. The highest BCUT2D eigenvalue weighted by atomic mass is 16.3. The third-order valence-electron chi connectivity index (χ3n) is 3.82. The zero-order valence-electron chi connectivity index (χ0n) is 11.0. The number of hydrogen-bond acceptors (Lipinski definition) is 3. The number of likely N-dealkylation sites (tertiary alicyclic amines) is 1. The van der Waals surface area contributed by atoms with E-state index in [4.69, 9.17) is 5.73 Å². The third kappa shape index (κ3) is 4.09. The number of benzene rings is 1. The van der Waals surface area contributed by atoms with Gasteiger partial charge in [-0.3, -0.25) is 0 Å². The Balaban J connectivity index is 1.73. The van der Waals surface area contributed by atoms with Gasteiger partial charge < -0.3 is 15.7 Å². The van der Waals surface area contributed by atoms with E-state index in [1.807, 2.05) is 0 Å². The van der Waals surface area contributed by atoms with Gasteiger partial charge in [0.2, 0.25) is 0 Å². The van der Waals surface area contributed by atoms with E-state index in [9.17, 15) is 5.11 Å². The summed E-state index contributed by atoms with van der Waals surface area (Å²) in [6.45, 7) is 3.28. The largest absolute Gasteiger partial charge is 0.390 e. The van der Waals surface area contributed by atoms with Gasteiger partial charge in [0, 0.05) is 13.1 Å². The van der Waals surface area contributed by atoms with Gasteiger partial charge >= 0.3 is 0 Å². The number of piperidine rings is 1. The van der Waals surface area contributed by atoms with E-state index < -0.39 is 0 Å². The Labute approximate surface area is 110 Å². The Bertz CT molecular complexity index is 334. The van der Waals surface area contributed by atoms with Crippen LogP contribution in [0.25, 0.3) is 0 Å². The minimum Gasteiger partial charge on any atom is -0.390 e. The molecule has 0 saturated carbocycles. The van der Waals surface area contributed by atoms with Gasteiger partial charge in [-0.25, -0.2) is 0 Å². The summed E-state index contributed by atoms with van der Waals surface area (Å²) in [6.07, 6.45) is 3.28. The lowest BCUT2D eigenvalue weighted by molar-refractivity contribution is 0.0941. The van der Waals surface area contributed by atoms with Crippen LogP contribution in [0.15, 0.2) is 30.3 Å². The fourth-order valence-electron chi connectivity index (χ4n) is 2.69. The van der Waals surface area contributed by atoms with Crippen LogP contribution in [0.4, 0.5) is 0 Å².